The average molecular weight is 489 g/mol. The van der Waals surface area contributed by atoms with E-state index in [1.807, 2.05) is 31.1 Å². The second kappa shape index (κ2) is 9.93. The molecule has 0 aliphatic carbocycles. The minimum atomic E-state index is 0.430. The van der Waals surface area contributed by atoms with E-state index in [0.29, 0.717) is 16.8 Å². The molecule has 2 aromatic carbocycles. The van der Waals surface area contributed by atoms with Crippen molar-refractivity contribution in [3.8, 4) is 0 Å². The third-order valence-corrected chi connectivity index (χ3v) is 6.48. The summed E-state index contributed by atoms with van der Waals surface area (Å²) in [4.78, 5) is 20.3. The molecule has 0 radical (unpaired) electrons. The van der Waals surface area contributed by atoms with Gasteiger partial charge in [-0.05, 0) is 31.3 Å². The van der Waals surface area contributed by atoms with E-state index in [0.717, 1.165) is 48.8 Å². The van der Waals surface area contributed by atoms with Crippen molar-refractivity contribution in [3.63, 3.8) is 0 Å². The molecular formula is C26H29ClN8. The Morgan fingerprint density at radius 3 is 2.40 bits per heavy atom. The molecule has 8 nitrogen and oxygen atoms in total. The summed E-state index contributed by atoms with van der Waals surface area (Å²) in [6.45, 7) is 4.17. The Bertz CT molecular complexity index is 1330. The molecule has 0 saturated carbocycles. The maximum Gasteiger partial charge on any atom is 0.229 e. The standard InChI is InChI=1S/C26H29ClN8/c1-33(2)25-22(9-6-12-28-25)30-24-20(27)17-29-26(32-24)31-21-10-11-23(19-8-5-4-7-18(19)21)35-15-13-34(3)14-16-35/h4-12,17H,13-16H2,1-3H3,(H2,29,30,31,32). The molecular weight excluding hydrogens is 460 g/mol. The summed E-state index contributed by atoms with van der Waals surface area (Å²) in [7, 11) is 6.06. The summed E-state index contributed by atoms with van der Waals surface area (Å²) in [5.41, 5.74) is 3.01. The number of piperazine rings is 1. The van der Waals surface area contributed by atoms with E-state index in [9.17, 15) is 0 Å². The molecule has 1 aliphatic rings. The third-order valence-electron chi connectivity index (χ3n) is 6.20. The van der Waals surface area contributed by atoms with Crippen LogP contribution < -0.4 is 20.4 Å². The highest BCUT2D eigenvalue weighted by Gasteiger charge is 2.18. The van der Waals surface area contributed by atoms with Crippen molar-refractivity contribution in [2.75, 3.05) is 67.8 Å². The zero-order chi connectivity index (χ0) is 24.4. The second-order valence-corrected chi connectivity index (χ2v) is 9.28. The monoisotopic (exact) mass is 488 g/mol. The lowest BCUT2D eigenvalue weighted by atomic mass is 10.1. The van der Waals surface area contributed by atoms with Gasteiger partial charge in [0.1, 0.15) is 5.02 Å². The molecule has 0 atom stereocenters. The molecule has 0 unspecified atom stereocenters. The van der Waals surface area contributed by atoms with E-state index < -0.39 is 0 Å². The summed E-state index contributed by atoms with van der Waals surface area (Å²) < 4.78 is 0. The molecule has 0 amide bonds. The van der Waals surface area contributed by atoms with Gasteiger partial charge in [-0.2, -0.15) is 4.98 Å². The maximum absolute atomic E-state index is 6.43. The Hall–Kier alpha value is -3.62. The smallest absolute Gasteiger partial charge is 0.229 e. The van der Waals surface area contributed by atoms with Crippen LogP contribution in [0.2, 0.25) is 5.02 Å². The zero-order valence-electron chi connectivity index (χ0n) is 20.2. The Morgan fingerprint density at radius 1 is 0.857 bits per heavy atom. The number of likely N-dealkylation sites (N-methyl/N-ethyl adjacent to an activating group) is 1. The average Bonchev–Trinajstić information content (AvgIpc) is 2.87. The van der Waals surface area contributed by atoms with Crippen LogP contribution in [-0.4, -0.2) is 67.2 Å². The van der Waals surface area contributed by atoms with Crippen molar-refractivity contribution < 1.29 is 0 Å². The van der Waals surface area contributed by atoms with Crippen LogP contribution in [-0.2, 0) is 0 Å². The van der Waals surface area contributed by atoms with Gasteiger partial charge in [-0.25, -0.2) is 9.97 Å². The first-order chi connectivity index (χ1) is 17.0. The molecule has 1 aliphatic heterocycles. The lowest BCUT2D eigenvalue weighted by Gasteiger charge is -2.35. The Balaban J connectivity index is 1.44. The summed E-state index contributed by atoms with van der Waals surface area (Å²) >= 11 is 6.43. The fraction of sp³-hybridized carbons (Fsp3) is 0.269. The van der Waals surface area contributed by atoms with Crippen LogP contribution in [0.25, 0.3) is 10.8 Å². The van der Waals surface area contributed by atoms with Gasteiger partial charge in [-0.1, -0.05) is 35.9 Å². The molecule has 0 spiro atoms. The first kappa shape index (κ1) is 23.1. The van der Waals surface area contributed by atoms with Crippen LogP contribution in [0.15, 0.2) is 60.9 Å². The third kappa shape index (κ3) is 4.94. The quantitative estimate of drug-likeness (QED) is 0.393. The number of hydrogen-bond donors (Lipinski definition) is 2. The number of hydrogen-bond acceptors (Lipinski definition) is 8. The minimum absolute atomic E-state index is 0.430. The van der Waals surface area contributed by atoms with Crippen molar-refractivity contribution in [1.82, 2.24) is 19.9 Å². The molecule has 1 saturated heterocycles. The summed E-state index contributed by atoms with van der Waals surface area (Å²) in [5, 5.41) is 9.47. The number of fused-ring (bicyclic) bond motifs is 1. The Labute approximate surface area is 210 Å². The highest BCUT2D eigenvalue weighted by Crippen LogP contribution is 2.35. The van der Waals surface area contributed by atoms with Gasteiger partial charge in [0.25, 0.3) is 0 Å². The van der Waals surface area contributed by atoms with Crippen LogP contribution >= 0.6 is 11.6 Å². The highest BCUT2D eigenvalue weighted by molar-refractivity contribution is 6.33. The number of nitrogens with zero attached hydrogens (tertiary/aromatic N) is 6. The zero-order valence-corrected chi connectivity index (χ0v) is 20.9. The Kier molecular flexibility index (Phi) is 6.57. The Morgan fingerprint density at radius 2 is 1.63 bits per heavy atom. The van der Waals surface area contributed by atoms with Crippen molar-refractivity contribution in [3.05, 3.63) is 65.9 Å². The molecule has 2 aromatic heterocycles. The van der Waals surface area contributed by atoms with E-state index in [-0.39, 0.29) is 0 Å². The van der Waals surface area contributed by atoms with Crippen LogP contribution in [0.4, 0.5) is 34.6 Å². The number of rotatable bonds is 6. The van der Waals surface area contributed by atoms with Crippen LogP contribution in [0.5, 0.6) is 0 Å². The van der Waals surface area contributed by atoms with Gasteiger partial charge < -0.3 is 25.3 Å². The summed E-state index contributed by atoms with van der Waals surface area (Å²) in [6, 6.07) is 16.6. The van der Waals surface area contributed by atoms with Gasteiger partial charge in [0.15, 0.2) is 11.6 Å². The molecule has 35 heavy (non-hydrogen) atoms. The van der Waals surface area contributed by atoms with Crippen molar-refractivity contribution in [2.45, 2.75) is 0 Å². The van der Waals surface area contributed by atoms with E-state index in [4.69, 9.17) is 11.6 Å². The maximum atomic E-state index is 6.43. The van der Waals surface area contributed by atoms with Gasteiger partial charge in [0, 0.05) is 68.6 Å². The lowest BCUT2D eigenvalue weighted by Crippen LogP contribution is -2.44. The number of aromatic nitrogens is 3. The van der Waals surface area contributed by atoms with Crippen molar-refractivity contribution in [2.24, 2.45) is 0 Å². The number of pyridine rings is 1. The normalized spacial score (nSPS) is 14.2. The summed E-state index contributed by atoms with van der Waals surface area (Å²) in [6.07, 6.45) is 3.36. The molecule has 3 heterocycles. The summed E-state index contributed by atoms with van der Waals surface area (Å²) in [5.74, 6) is 1.77. The van der Waals surface area contributed by atoms with E-state index in [2.05, 4.69) is 78.8 Å². The number of nitrogens with one attached hydrogen (secondary N) is 2. The number of halogens is 1. The fourth-order valence-corrected chi connectivity index (χ4v) is 4.47. The number of benzene rings is 2. The van der Waals surface area contributed by atoms with Crippen LogP contribution in [0.1, 0.15) is 0 Å². The van der Waals surface area contributed by atoms with Crippen molar-refractivity contribution in [1.29, 1.82) is 0 Å². The molecule has 9 heteroatoms. The van der Waals surface area contributed by atoms with Gasteiger partial charge in [0.05, 0.1) is 11.9 Å². The fourth-order valence-electron chi connectivity index (χ4n) is 4.33. The first-order valence-electron chi connectivity index (χ1n) is 11.6. The van der Waals surface area contributed by atoms with E-state index in [1.54, 1.807) is 12.4 Å². The molecule has 180 valence electrons. The van der Waals surface area contributed by atoms with Crippen LogP contribution in [0, 0.1) is 0 Å². The van der Waals surface area contributed by atoms with Crippen LogP contribution in [0.3, 0.4) is 0 Å². The number of anilines is 6. The van der Waals surface area contributed by atoms with Gasteiger partial charge in [-0.15, -0.1) is 0 Å². The second-order valence-electron chi connectivity index (χ2n) is 8.88. The molecule has 0 bridgehead atoms. The van der Waals surface area contributed by atoms with Crippen molar-refractivity contribution >= 4 is 57.0 Å². The molecule has 1 fully saturated rings. The topological polar surface area (TPSA) is 72.5 Å². The van der Waals surface area contributed by atoms with Gasteiger partial charge in [0.2, 0.25) is 5.95 Å². The largest absolute Gasteiger partial charge is 0.368 e. The van der Waals surface area contributed by atoms with Gasteiger partial charge in [-0.3, -0.25) is 0 Å². The predicted molar refractivity (Wildman–Crippen MR) is 146 cm³/mol. The molecule has 5 rings (SSSR count). The molecule has 4 aromatic rings. The van der Waals surface area contributed by atoms with Gasteiger partial charge >= 0.3 is 0 Å². The SMILES string of the molecule is CN1CCN(c2ccc(Nc3ncc(Cl)c(Nc4cccnc4N(C)C)n3)c3ccccc23)CC1. The highest BCUT2D eigenvalue weighted by atomic mass is 35.5. The van der Waals surface area contributed by atoms with E-state index >= 15 is 0 Å². The minimum Gasteiger partial charge on any atom is -0.368 e. The predicted octanol–water partition coefficient (Wildman–Crippen LogP) is 4.98. The molecule has 2 N–H and O–H groups in total. The first-order valence-corrected chi connectivity index (χ1v) is 12.0. The lowest BCUT2D eigenvalue weighted by molar-refractivity contribution is 0.313. The van der Waals surface area contributed by atoms with E-state index in [1.165, 1.54) is 11.1 Å².